The van der Waals surface area contributed by atoms with E-state index in [0.717, 1.165) is 112 Å². The van der Waals surface area contributed by atoms with E-state index in [0.29, 0.717) is 0 Å². The monoisotopic (exact) mass is 1760 g/mol. The van der Waals surface area contributed by atoms with E-state index < -0.39 is 90.7 Å². The van der Waals surface area contributed by atoms with Gasteiger partial charge < -0.3 is 58.0 Å². The van der Waals surface area contributed by atoms with Gasteiger partial charge in [-0.1, -0.05) is 293 Å². The lowest BCUT2D eigenvalue weighted by molar-refractivity contribution is -0.174. The number of methoxy groups -OCH3 is 4. The zero-order chi connectivity index (χ0) is 90.8. The van der Waals surface area contributed by atoms with Crippen LogP contribution in [0.3, 0.4) is 0 Å². The van der Waals surface area contributed by atoms with Crippen molar-refractivity contribution in [1.82, 2.24) is 39.0 Å². The summed E-state index contributed by atoms with van der Waals surface area (Å²) in [6, 6.07) is 101. The lowest BCUT2D eigenvalue weighted by Gasteiger charge is -2.39. The Bertz CT molecular complexity index is 6340. The summed E-state index contributed by atoms with van der Waals surface area (Å²) in [5.41, 5.74) is 10.7. The maximum Gasteiger partial charge on any atom is 0.509 e. The number of fused-ring (bicyclic) bond motifs is 2. The first-order valence-electron chi connectivity index (χ1n) is 43.7. The summed E-state index contributed by atoms with van der Waals surface area (Å²) in [4.78, 5) is 43.4. The molecule has 2 aliphatic rings. The van der Waals surface area contributed by atoms with Crippen molar-refractivity contribution >= 4 is 40.1 Å². The molecule has 6 unspecified atom stereocenters. The van der Waals surface area contributed by atoms with E-state index in [2.05, 4.69) is 42.4 Å². The number of ether oxygens (including phenoxy) is 10. The average molecular weight is 1760 g/mol. The smallest absolute Gasteiger partial charge is 0.497 e. The second-order valence-electron chi connectivity index (χ2n) is 32.3. The molecule has 18 rings (SSSR count). The third kappa shape index (κ3) is 18.0. The van der Waals surface area contributed by atoms with Gasteiger partial charge in [-0.05, 0) is 150 Å². The van der Waals surface area contributed by atoms with E-state index in [1.165, 1.54) is 12.7 Å². The lowest BCUT2D eigenvalue weighted by atomic mass is 9.88. The zero-order valence-corrected chi connectivity index (χ0v) is 73.3. The number of aromatic nitrogens is 8. The minimum absolute atomic E-state index is 0.0132. The maximum absolute atomic E-state index is 16.8. The molecule has 2 saturated heterocycles. The molecule has 0 saturated carbocycles. The normalized spacial score (nSPS) is 18.3. The third-order valence-corrected chi connectivity index (χ3v) is 24.7. The summed E-state index contributed by atoms with van der Waals surface area (Å²) >= 11 is 0. The SMILES string of the molecule is C#C[C@]1(C(CC)OC(=O)OC(CC)[C@@]2(C#C)O[C@@H](n3cnc4c(NC(c5ccccc5)c5ccc(-c6ccc(OC)cc6)cc5)nc(F)nc43)C[C@@H]2OC(c2ccccc2)c2ccc(-c3ccc(OC)cc3)cc2)O[C@@H](n2cnc3c(NC(c4ccccc4)c4ccc(-c5ccc(OC)cc5)cc4)nc(F)nc32)C[C@@H]1OC(c1ccccc1)c1ccc(-c2ccc(OC)cc2)cc1. The number of hydrogen-bond donors (Lipinski definition) is 2. The van der Waals surface area contributed by atoms with Crippen LogP contribution in [0.2, 0.25) is 0 Å². The van der Waals surface area contributed by atoms with Crippen molar-refractivity contribution in [2.45, 2.75) is 112 Å². The molecule has 0 amide bonds. The number of nitrogens with one attached hydrogen (secondary N) is 2. The molecule has 23 heteroatoms. The fourth-order valence-corrected chi connectivity index (χ4v) is 17.8. The number of anilines is 2. The van der Waals surface area contributed by atoms with E-state index in [1.54, 1.807) is 51.4 Å². The van der Waals surface area contributed by atoms with Gasteiger partial charge in [0.05, 0.1) is 53.2 Å². The molecule has 4 aromatic heterocycles. The Morgan fingerprint density at radius 2 is 0.644 bits per heavy atom. The van der Waals surface area contributed by atoms with Gasteiger partial charge in [-0.15, -0.1) is 12.8 Å². The number of nitrogens with zero attached hydrogens (tertiary/aromatic N) is 8. The highest BCUT2D eigenvalue weighted by atomic mass is 19.1. The highest BCUT2D eigenvalue weighted by molar-refractivity contribution is 5.85. The van der Waals surface area contributed by atoms with Crippen LogP contribution >= 0.6 is 0 Å². The van der Waals surface area contributed by atoms with E-state index in [4.69, 9.17) is 70.2 Å². The Morgan fingerprint density at radius 3 is 0.917 bits per heavy atom. The quantitative estimate of drug-likeness (QED) is 0.0227. The molecule has 0 bridgehead atoms. The lowest BCUT2D eigenvalue weighted by Crippen LogP contribution is -2.54. The van der Waals surface area contributed by atoms with Gasteiger partial charge in [-0.2, -0.15) is 28.7 Å². The van der Waals surface area contributed by atoms with Gasteiger partial charge in [-0.3, -0.25) is 9.13 Å². The first-order chi connectivity index (χ1) is 64.7. The number of hydrogen-bond acceptors (Lipinski definition) is 19. The summed E-state index contributed by atoms with van der Waals surface area (Å²) in [7, 11) is 6.52. The zero-order valence-electron chi connectivity index (χ0n) is 73.3. The van der Waals surface area contributed by atoms with Gasteiger partial charge in [0.25, 0.3) is 0 Å². The molecule has 2 fully saturated rings. The van der Waals surface area contributed by atoms with Crippen molar-refractivity contribution in [3.05, 3.63) is 385 Å². The Kier molecular flexibility index (Phi) is 25.7. The average Bonchev–Trinajstić information content (AvgIpc) is 1.59. The van der Waals surface area contributed by atoms with Crippen LogP contribution in [0.4, 0.5) is 25.2 Å². The molecule has 660 valence electrons. The molecule has 0 spiro atoms. The molecule has 2 N–H and O–H groups in total. The number of benzene rings is 12. The summed E-state index contributed by atoms with van der Waals surface area (Å²) in [6.07, 6.45) is 4.64. The molecular formula is C109H94F2N10O11. The Labute approximate surface area is 763 Å². The molecule has 12 atom stereocenters. The molecule has 2 aliphatic heterocycles. The number of imidazole rings is 2. The van der Waals surface area contributed by atoms with E-state index in [-0.39, 0.29) is 59.6 Å². The Morgan fingerprint density at radius 1 is 0.386 bits per heavy atom. The van der Waals surface area contributed by atoms with Gasteiger partial charge in [0, 0.05) is 12.8 Å². The van der Waals surface area contributed by atoms with Crippen LogP contribution in [0, 0.1) is 36.8 Å². The van der Waals surface area contributed by atoms with Crippen LogP contribution in [0.5, 0.6) is 23.0 Å². The third-order valence-electron chi connectivity index (χ3n) is 24.7. The topological polar surface area (TPSA) is 221 Å². The maximum atomic E-state index is 16.8. The first-order valence-corrected chi connectivity index (χ1v) is 43.7. The van der Waals surface area contributed by atoms with Crippen molar-refractivity contribution < 1.29 is 60.9 Å². The summed E-state index contributed by atoms with van der Waals surface area (Å²) in [5.74, 6) is 9.09. The largest absolute Gasteiger partial charge is 0.509 e. The van der Waals surface area contributed by atoms with Crippen molar-refractivity contribution in [2.75, 3.05) is 39.1 Å². The van der Waals surface area contributed by atoms with E-state index >= 15 is 13.6 Å². The fraction of sp³-hybridized carbons (Fsp3) is 0.202. The molecule has 12 aromatic carbocycles. The van der Waals surface area contributed by atoms with Gasteiger partial charge in [-0.25, -0.2) is 14.8 Å². The molecular weight excluding hydrogens is 1660 g/mol. The molecule has 132 heavy (non-hydrogen) atoms. The van der Waals surface area contributed by atoms with Gasteiger partial charge in [0.1, 0.15) is 72.1 Å². The number of carbonyl (C=O) groups excluding carboxylic acids is 1. The molecule has 16 aromatic rings. The fourth-order valence-electron chi connectivity index (χ4n) is 17.8. The predicted octanol–water partition coefficient (Wildman–Crippen LogP) is 22.7. The van der Waals surface area contributed by atoms with Crippen molar-refractivity contribution in [3.63, 3.8) is 0 Å². The van der Waals surface area contributed by atoms with Gasteiger partial charge in [0.15, 0.2) is 45.2 Å². The number of rotatable bonds is 32. The number of halogens is 2. The standard InChI is InChI=1S/C109H94F2N10O11/c1-9-89(108(11-3)91(127-99(81-29-21-15-22-30-81)83-45-37-71(38-46-83)75-53-61-87(125-7)62-54-75)65-93(131-108)120-67-112-97-101(116-105(110)118-103(97)120)114-95(77-25-17-13-18-26-77)79-41-33-69(34-42-79)73-49-57-85(123-5)58-50-73)129-107(122)130-90(10-2)109(12-4)92(128-100(82-31-23-16-24-32-82)84-47-39-72(40-48-84)76-55-63-88(126-8)64-56-76)66-94(132-109)121-68-113-98-102(117-106(111)119-104(98)121)115-96(78-27-19-14-20-28-78)80-43-35-70(36-44-80)74-51-59-86(124-6)60-52-74/h3-4,13-64,67-68,89-96,99-100H,9-10,65-66H2,1-2,5-8H3,(H,114,116,118)(H,115,117,119)/t89?,90?,91-,92-,93+,94+,95?,96?,99?,100?,108+,109+/m0/s1. The second kappa shape index (κ2) is 38.9. The molecule has 21 nitrogen and oxygen atoms in total. The van der Waals surface area contributed by atoms with Crippen LogP contribution < -0.4 is 29.6 Å². The van der Waals surface area contributed by atoms with Crippen LogP contribution in [0.1, 0.15) is 121 Å². The van der Waals surface area contributed by atoms with Crippen molar-refractivity contribution in [1.29, 1.82) is 0 Å². The van der Waals surface area contributed by atoms with E-state index in [1.807, 2.05) is 315 Å². The summed E-state index contributed by atoms with van der Waals surface area (Å²) in [5, 5.41) is 7.10. The van der Waals surface area contributed by atoms with Gasteiger partial charge in [0.2, 0.25) is 0 Å². The summed E-state index contributed by atoms with van der Waals surface area (Å²) < 4.78 is 102. The molecule has 0 radical (unpaired) electrons. The first kappa shape index (κ1) is 87.3. The minimum Gasteiger partial charge on any atom is -0.497 e. The Balaban J connectivity index is 0.698. The van der Waals surface area contributed by atoms with Crippen molar-refractivity contribution in [2.24, 2.45) is 0 Å². The Hall–Kier alpha value is -15.4. The highest BCUT2D eigenvalue weighted by Gasteiger charge is 2.60. The van der Waals surface area contributed by atoms with Gasteiger partial charge >= 0.3 is 18.3 Å². The molecule has 0 aliphatic carbocycles. The predicted molar refractivity (Wildman–Crippen MR) is 503 cm³/mol. The van der Waals surface area contributed by atoms with Crippen molar-refractivity contribution in [3.8, 4) is 92.2 Å². The van der Waals surface area contributed by atoms with Crippen LogP contribution in [0.25, 0.3) is 66.8 Å². The number of carbonyl (C=O) groups is 1. The van der Waals surface area contributed by atoms with Crippen LogP contribution in [-0.2, 0) is 28.4 Å². The van der Waals surface area contributed by atoms with Crippen LogP contribution in [0.15, 0.2) is 328 Å². The molecule has 6 heterocycles. The van der Waals surface area contributed by atoms with E-state index in [9.17, 15) is 0 Å². The second-order valence-corrected chi connectivity index (χ2v) is 32.3. The minimum atomic E-state index is -2.00. The highest BCUT2D eigenvalue weighted by Crippen LogP contribution is 2.50. The van der Waals surface area contributed by atoms with Crippen LogP contribution in [-0.4, -0.2) is 109 Å². The number of terminal acetylenes is 2. The summed E-state index contributed by atoms with van der Waals surface area (Å²) in [6.45, 7) is 3.60.